The molecule has 7 heteroatoms. The summed E-state index contributed by atoms with van der Waals surface area (Å²) in [4.78, 5) is 0. The van der Waals surface area contributed by atoms with Crippen molar-refractivity contribution in [2.45, 2.75) is 18.8 Å². The standard InChI is InChI=1S/C20H15F3N2O2/c21-20(22,23)14-5-3-12(4-6-14)19-15-2-1-7-25(15)16-9-18-17(26-11-27-18)8-13(16)10-24-19/h1-9,19,24H,10-11H2/t19-/m1/s1. The second kappa shape index (κ2) is 5.79. The van der Waals surface area contributed by atoms with Gasteiger partial charge in [0, 0.05) is 24.5 Å². The Morgan fingerprint density at radius 3 is 2.48 bits per heavy atom. The molecule has 2 aliphatic heterocycles. The number of rotatable bonds is 1. The summed E-state index contributed by atoms with van der Waals surface area (Å²) >= 11 is 0. The summed E-state index contributed by atoms with van der Waals surface area (Å²) in [6, 6.07) is 12.9. The highest BCUT2D eigenvalue weighted by Crippen LogP contribution is 2.39. The first-order valence-electron chi connectivity index (χ1n) is 8.51. The molecule has 4 nitrogen and oxygen atoms in total. The van der Waals surface area contributed by atoms with Gasteiger partial charge in [-0.15, -0.1) is 0 Å². The molecule has 27 heavy (non-hydrogen) atoms. The summed E-state index contributed by atoms with van der Waals surface area (Å²) in [5.74, 6) is 1.40. The van der Waals surface area contributed by atoms with E-state index in [4.69, 9.17) is 9.47 Å². The summed E-state index contributed by atoms with van der Waals surface area (Å²) in [6.45, 7) is 0.762. The number of halogens is 3. The molecule has 0 fully saturated rings. The third-order valence-electron chi connectivity index (χ3n) is 4.98. The highest BCUT2D eigenvalue weighted by Gasteiger charge is 2.31. The number of fused-ring (bicyclic) bond motifs is 4. The zero-order valence-electron chi connectivity index (χ0n) is 14.1. The van der Waals surface area contributed by atoms with Crippen LogP contribution in [0.25, 0.3) is 5.69 Å². The van der Waals surface area contributed by atoms with Gasteiger partial charge in [0.25, 0.3) is 0 Å². The molecule has 0 amide bonds. The molecule has 0 spiro atoms. The van der Waals surface area contributed by atoms with Crippen LogP contribution in [0.5, 0.6) is 11.5 Å². The number of ether oxygens (including phenoxy) is 2. The van der Waals surface area contributed by atoms with Crippen LogP contribution in [0.2, 0.25) is 0 Å². The van der Waals surface area contributed by atoms with Gasteiger partial charge in [-0.1, -0.05) is 12.1 Å². The number of hydrogen-bond donors (Lipinski definition) is 1. The predicted octanol–water partition coefficient (Wildman–Crippen LogP) is 4.42. The zero-order valence-corrected chi connectivity index (χ0v) is 14.1. The molecule has 2 aliphatic rings. The predicted molar refractivity (Wildman–Crippen MR) is 92.0 cm³/mol. The van der Waals surface area contributed by atoms with Crippen LogP contribution in [0.15, 0.2) is 54.7 Å². The molecule has 0 radical (unpaired) electrons. The van der Waals surface area contributed by atoms with Crippen molar-refractivity contribution in [3.8, 4) is 17.2 Å². The van der Waals surface area contributed by atoms with E-state index in [1.54, 1.807) is 0 Å². The van der Waals surface area contributed by atoms with Crippen LogP contribution in [0.3, 0.4) is 0 Å². The number of nitrogens with one attached hydrogen (secondary N) is 1. The molecule has 0 unspecified atom stereocenters. The minimum atomic E-state index is -4.34. The van der Waals surface area contributed by atoms with Crippen LogP contribution in [0.1, 0.15) is 28.4 Å². The van der Waals surface area contributed by atoms with E-state index in [9.17, 15) is 13.2 Å². The number of benzene rings is 2. The van der Waals surface area contributed by atoms with Gasteiger partial charge in [-0.05, 0) is 41.5 Å². The number of nitrogens with zero attached hydrogens (tertiary/aromatic N) is 1. The van der Waals surface area contributed by atoms with E-state index in [1.807, 2.05) is 35.0 Å². The number of aromatic nitrogens is 1. The quantitative estimate of drug-likeness (QED) is 0.687. The van der Waals surface area contributed by atoms with E-state index in [-0.39, 0.29) is 12.8 Å². The summed E-state index contributed by atoms with van der Waals surface area (Å²) in [5, 5.41) is 3.45. The van der Waals surface area contributed by atoms with Gasteiger partial charge in [-0.25, -0.2) is 0 Å². The lowest BCUT2D eigenvalue weighted by atomic mass is 10.0. The zero-order chi connectivity index (χ0) is 18.6. The summed E-state index contributed by atoms with van der Waals surface area (Å²) < 4.78 is 51.6. The topological polar surface area (TPSA) is 35.4 Å². The van der Waals surface area contributed by atoms with Crippen LogP contribution in [0, 0.1) is 0 Å². The van der Waals surface area contributed by atoms with E-state index in [0.717, 1.165) is 34.6 Å². The molecule has 0 aliphatic carbocycles. The average Bonchev–Trinajstić information content (AvgIpc) is 3.27. The lowest BCUT2D eigenvalue weighted by Crippen LogP contribution is -2.21. The molecule has 3 heterocycles. The van der Waals surface area contributed by atoms with Crippen LogP contribution in [-0.4, -0.2) is 11.4 Å². The maximum absolute atomic E-state index is 12.9. The van der Waals surface area contributed by atoms with Gasteiger partial charge >= 0.3 is 6.18 Å². The molecule has 0 bridgehead atoms. The van der Waals surface area contributed by atoms with Crippen molar-refractivity contribution < 1.29 is 22.6 Å². The van der Waals surface area contributed by atoms with Crippen LogP contribution < -0.4 is 14.8 Å². The second-order valence-electron chi connectivity index (χ2n) is 6.57. The van der Waals surface area contributed by atoms with Gasteiger partial charge in [0.2, 0.25) is 6.79 Å². The van der Waals surface area contributed by atoms with Gasteiger partial charge in [0.05, 0.1) is 17.3 Å². The molecular formula is C20H15F3N2O2. The minimum Gasteiger partial charge on any atom is -0.454 e. The largest absolute Gasteiger partial charge is 0.454 e. The molecule has 0 saturated heterocycles. The van der Waals surface area contributed by atoms with E-state index >= 15 is 0 Å². The molecule has 2 aromatic carbocycles. The average molecular weight is 372 g/mol. The van der Waals surface area contributed by atoms with Crippen molar-refractivity contribution in [3.63, 3.8) is 0 Å². The monoisotopic (exact) mass is 372 g/mol. The first-order valence-corrected chi connectivity index (χ1v) is 8.51. The molecule has 1 N–H and O–H groups in total. The SMILES string of the molecule is FC(F)(F)c1ccc([C@H]2NCc3cc4c(cc3-n3cccc32)OCO4)cc1. The van der Waals surface area contributed by atoms with Crippen molar-refractivity contribution >= 4 is 0 Å². The van der Waals surface area contributed by atoms with Gasteiger partial charge in [0.15, 0.2) is 11.5 Å². The van der Waals surface area contributed by atoms with Crippen molar-refractivity contribution in [2.24, 2.45) is 0 Å². The van der Waals surface area contributed by atoms with Gasteiger partial charge in [-0.3, -0.25) is 0 Å². The molecule has 138 valence electrons. The fourth-order valence-corrected chi connectivity index (χ4v) is 3.66. The molecule has 1 atom stereocenters. The fraction of sp³-hybridized carbons (Fsp3) is 0.200. The highest BCUT2D eigenvalue weighted by molar-refractivity contribution is 5.57. The van der Waals surface area contributed by atoms with Crippen LogP contribution >= 0.6 is 0 Å². The normalized spacial score (nSPS) is 18.0. The molecule has 0 saturated carbocycles. The minimum absolute atomic E-state index is 0.207. The van der Waals surface area contributed by atoms with Crippen molar-refractivity contribution in [3.05, 3.63) is 77.1 Å². The van der Waals surface area contributed by atoms with E-state index in [2.05, 4.69) is 5.32 Å². The Hall–Kier alpha value is -2.93. The second-order valence-corrected chi connectivity index (χ2v) is 6.57. The molecule has 1 aromatic heterocycles. The summed E-state index contributed by atoms with van der Waals surface area (Å²) in [6.07, 6.45) is -2.40. The Labute approximate surface area is 153 Å². The number of alkyl halides is 3. The Bertz CT molecular complexity index is 1010. The Kier molecular flexibility index (Phi) is 3.48. The van der Waals surface area contributed by atoms with Crippen LogP contribution in [-0.2, 0) is 12.7 Å². The van der Waals surface area contributed by atoms with Gasteiger partial charge in [-0.2, -0.15) is 13.2 Å². The third kappa shape index (κ3) is 2.66. The number of hydrogen-bond acceptors (Lipinski definition) is 3. The summed E-state index contributed by atoms with van der Waals surface area (Å²) in [7, 11) is 0. The molecular weight excluding hydrogens is 357 g/mol. The van der Waals surface area contributed by atoms with Gasteiger partial charge < -0.3 is 19.4 Å². The summed E-state index contributed by atoms with van der Waals surface area (Å²) in [5.41, 5.74) is 3.08. The van der Waals surface area contributed by atoms with Crippen molar-refractivity contribution in [2.75, 3.05) is 6.79 Å². The first kappa shape index (κ1) is 16.3. The third-order valence-corrected chi connectivity index (χ3v) is 4.98. The lowest BCUT2D eigenvalue weighted by molar-refractivity contribution is -0.137. The van der Waals surface area contributed by atoms with Crippen LogP contribution in [0.4, 0.5) is 13.2 Å². The van der Waals surface area contributed by atoms with E-state index in [1.165, 1.54) is 12.1 Å². The lowest BCUT2D eigenvalue weighted by Gasteiger charge is -2.18. The van der Waals surface area contributed by atoms with Gasteiger partial charge in [0.1, 0.15) is 0 Å². The Balaban J connectivity index is 1.57. The van der Waals surface area contributed by atoms with E-state index < -0.39 is 11.7 Å². The van der Waals surface area contributed by atoms with Crippen molar-refractivity contribution in [1.29, 1.82) is 0 Å². The smallest absolute Gasteiger partial charge is 0.416 e. The molecule has 3 aromatic rings. The van der Waals surface area contributed by atoms with E-state index in [0.29, 0.717) is 18.0 Å². The first-order chi connectivity index (χ1) is 13.0. The maximum atomic E-state index is 12.9. The van der Waals surface area contributed by atoms with Crippen molar-refractivity contribution in [1.82, 2.24) is 9.88 Å². The Morgan fingerprint density at radius 1 is 1.00 bits per heavy atom. The fourth-order valence-electron chi connectivity index (χ4n) is 3.66. The maximum Gasteiger partial charge on any atom is 0.416 e. The Morgan fingerprint density at radius 2 is 1.74 bits per heavy atom. The molecule has 5 rings (SSSR count). The highest BCUT2D eigenvalue weighted by atomic mass is 19.4.